The van der Waals surface area contributed by atoms with Crippen molar-refractivity contribution in [3.63, 3.8) is 0 Å². The van der Waals surface area contributed by atoms with Crippen LogP contribution in [0.15, 0.2) is 79.0 Å². The summed E-state index contributed by atoms with van der Waals surface area (Å²) in [6.45, 7) is 8.08. The maximum atomic E-state index is 12.9. The van der Waals surface area contributed by atoms with Gasteiger partial charge in [0.1, 0.15) is 0 Å². The third-order valence-corrected chi connectivity index (χ3v) is 6.79. The zero-order chi connectivity index (χ0) is 25.8. The molecule has 6 heteroatoms. The molecule has 0 saturated carbocycles. The lowest BCUT2D eigenvalue weighted by atomic mass is 9.87. The molecule has 37 heavy (non-hydrogen) atoms. The molecule has 0 unspecified atom stereocenters. The van der Waals surface area contributed by atoms with E-state index in [9.17, 15) is 4.79 Å². The number of pyridine rings is 1. The van der Waals surface area contributed by atoms with Gasteiger partial charge in [0.25, 0.3) is 0 Å². The van der Waals surface area contributed by atoms with E-state index in [0.29, 0.717) is 6.04 Å². The van der Waals surface area contributed by atoms with E-state index in [2.05, 4.69) is 54.9 Å². The van der Waals surface area contributed by atoms with Gasteiger partial charge in [0.2, 0.25) is 0 Å². The maximum Gasteiger partial charge on any atom is 0.323 e. The molecule has 3 aromatic carbocycles. The van der Waals surface area contributed by atoms with Gasteiger partial charge in [-0.15, -0.1) is 0 Å². The molecule has 1 aliphatic heterocycles. The van der Waals surface area contributed by atoms with Crippen molar-refractivity contribution < 1.29 is 9.53 Å². The molecular formula is C31H34N4O2. The maximum absolute atomic E-state index is 12.9. The molecule has 0 atom stereocenters. The number of urea groups is 1. The molecule has 1 aliphatic rings. The first-order chi connectivity index (χ1) is 17.9. The molecular weight excluding hydrogens is 460 g/mol. The Balaban J connectivity index is 1.34. The number of amides is 2. The van der Waals surface area contributed by atoms with Gasteiger partial charge in [-0.1, -0.05) is 63.2 Å². The third-order valence-electron chi connectivity index (χ3n) is 6.79. The van der Waals surface area contributed by atoms with Gasteiger partial charge in [-0.3, -0.25) is 4.98 Å². The Kier molecular flexibility index (Phi) is 7.10. The summed E-state index contributed by atoms with van der Waals surface area (Å²) in [5, 5.41) is 11.6. The molecule has 5 rings (SSSR count). The summed E-state index contributed by atoms with van der Waals surface area (Å²) in [5.41, 5.74) is 5.63. The van der Waals surface area contributed by atoms with Crippen LogP contribution in [0.1, 0.15) is 39.2 Å². The second-order valence-electron chi connectivity index (χ2n) is 10.6. The summed E-state index contributed by atoms with van der Waals surface area (Å²) in [7, 11) is 0. The van der Waals surface area contributed by atoms with E-state index in [-0.39, 0.29) is 11.4 Å². The minimum Gasteiger partial charge on any atom is -0.381 e. The SMILES string of the molecule is CC(C)(C)c1cccc(NC(=O)Nc2ccc(-c3ccc(NC4CCOCC4)cn3)c3ccccc23)c1. The van der Waals surface area contributed by atoms with E-state index >= 15 is 0 Å². The lowest BCUT2D eigenvalue weighted by molar-refractivity contribution is 0.0904. The van der Waals surface area contributed by atoms with Crippen LogP contribution in [0.4, 0.5) is 21.9 Å². The van der Waals surface area contributed by atoms with Crippen molar-refractivity contribution in [2.45, 2.75) is 45.1 Å². The first kappa shape index (κ1) is 24.8. The standard InChI is InChI=1S/C31H34N4O2/c1-31(2,3)21-7-6-8-23(19-21)34-30(36)35-29-14-12-27(25-9-4-5-10-26(25)29)28-13-11-24(20-32-28)33-22-15-17-37-18-16-22/h4-14,19-20,22,33H,15-18H2,1-3H3,(H2,34,35,36). The monoisotopic (exact) mass is 494 g/mol. The lowest BCUT2D eigenvalue weighted by Gasteiger charge is -2.24. The zero-order valence-electron chi connectivity index (χ0n) is 21.7. The molecule has 1 saturated heterocycles. The second-order valence-corrected chi connectivity index (χ2v) is 10.6. The first-order valence-corrected chi connectivity index (χ1v) is 12.9. The zero-order valence-corrected chi connectivity index (χ0v) is 21.7. The molecule has 190 valence electrons. The van der Waals surface area contributed by atoms with Crippen molar-refractivity contribution in [3.05, 3.63) is 84.6 Å². The molecule has 0 aliphatic carbocycles. The molecule has 0 spiro atoms. The van der Waals surface area contributed by atoms with E-state index in [4.69, 9.17) is 9.72 Å². The summed E-state index contributed by atoms with van der Waals surface area (Å²) in [4.78, 5) is 17.6. The highest BCUT2D eigenvalue weighted by Gasteiger charge is 2.16. The van der Waals surface area contributed by atoms with Crippen LogP contribution in [0.5, 0.6) is 0 Å². The molecule has 3 N–H and O–H groups in total. The Bertz CT molecular complexity index is 1390. The van der Waals surface area contributed by atoms with Gasteiger partial charge in [0.05, 0.1) is 23.3 Å². The van der Waals surface area contributed by atoms with Crippen LogP contribution in [0.3, 0.4) is 0 Å². The number of nitrogens with one attached hydrogen (secondary N) is 3. The van der Waals surface area contributed by atoms with Crippen molar-refractivity contribution in [2.75, 3.05) is 29.2 Å². The number of carbonyl (C=O) groups excluding carboxylic acids is 1. The Morgan fingerprint density at radius 1 is 0.865 bits per heavy atom. The summed E-state index contributed by atoms with van der Waals surface area (Å²) >= 11 is 0. The van der Waals surface area contributed by atoms with Crippen LogP contribution in [-0.4, -0.2) is 30.3 Å². The van der Waals surface area contributed by atoms with Gasteiger partial charge in [-0.25, -0.2) is 4.79 Å². The van der Waals surface area contributed by atoms with E-state index in [0.717, 1.165) is 65.1 Å². The van der Waals surface area contributed by atoms with E-state index in [1.54, 1.807) is 0 Å². The van der Waals surface area contributed by atoms with E-state index < -0.39 is 0 Å². The average molecular weight is 495 g/mol. The third kappa shape index (κ3) is 5.92. The number of fused-ring (bicyclic) bond motifs is 1. The van der Waals surface area contributed by atoms with Crippen molar-refractivity contribution in [1.82, 2.24) is 4.98 Å². The van der Waals surface area contributed by atoms with Crippen molar-refractivity contribution in [2.24, 2.45) is 0 Å². The van der Waals surface area contributed by atoms with Gasteiger partial charge >= 0.3 is 6.03 Å². The quantitative estimate of drug-likeness (QED) is 0.270. The van der Waals surface area contributed by atoms with Crippen LogP contribution in [0.2, 0.25) is 0 Å². The number of aromatic nitrogens is 1. The van der Waals surface area contributed by atoms with Gasteiger partial charge in [0, 0.05) is 35.9 Å². The fraction of sp³-hybridized carbons (Fsp3) is 0.290. The van der Waals surface area contributed by atoms with Crippen LogP contribution < -0.4 is 16.0 Å². The van der Waals surface area contributed by atoms with Gasteiger partial charge in [-0.05, 0) is 59.5 Å². The van der Waals surface area contributed by atoms with Crippen molar-refractivity contribution in [3.8, 4) is 11.3 Å². The molecule has 6 nitrogen and oxygen atoms in total. The number of ether oxygens (including phenoxy) is 1. The number of nitrogens with zero attached hydrogens (tertiary/aromatic N) is 1. The molecule has 1 aromatic heterocycles. The van der Waals surface area contributed by atoms with E-state index in [1.807, 2.05) is 60.8 Å². The number of hydrogen-bond acceptors (Lipinski definition) is 4. The summed E-state index contributed by atoms with van der Waals surface area (Å²) in [5.74, 6) is 0. The van der Waals surface area contributed by atoms with Crippen molar-refractivity contribution in [1.29, 1.82) is 0 Å². The fourth-order valence-electron chi connectivity index (χ4n) is 4.70. The topological polar surface area (TPSA) is 75.3 Å². The Morgan fingerprint density at radius 3 is 2.38 bits per heavy atom. The average Bonchev–Trinajstić information content (AvgIpc) is 2.90. The van der Waals surface area contributed by atoms with Gasteiger partial charge in [-0.2, -0.15) is 0 Å². The van der Waals surface area contributed by atoms with Crippen LogP contribution >= 0.6 is 0 Å². The minimum absolute atomic E-state index is 0.00727. The molecule has 0 bridgehead atoms. The van der Waals surface area contributed by atoms with E-state index in [1.165, 1.54) is 5.56 Å². The van der Waals surface area contributed by atoms with Gasteiger partial charge in [0.15, 0.2) is 0 Å². The highest BCUT2D eigenvalue weighted by molar-refractivity contribution is 6.09. The summed E-state index contributed by atoms with van der Waals surface area (Å²) < 4.78 is 5.45. The summed E-state index contributed by atoms with van der Waals surface area (Å²) in [6.07, 6.45) is 3.91. The molecule has 0 radical (unpaired) electrons. The van der Waals surface area contributed by atoms with Crippen LogP contribution in [0.25, 0.3) is 22.0 Å². The lowest BCUT2D eigenvalue weighted by Crippen LogP contribution is -2.27. The minimum atomic E-state index is -0.273. The normalized spacial score (nSPS) is 14.4. The fourth-order valence-corrected chi connectivity index (χ4v) is 4.70. The van der Waals surface area contributed by atoms with Crippen molar-refractivity contribution >= 4 is 33.9 Å². The number of hydrogen-bond donors (Lipinski definition) is 3. The predicted octanol–water partition coefficient (Wildman–Crippen LogP) is 7.43. The Labute approximate surface area is 218 Å². The first-order valence-electron chi connectivity index (χ1n) is 12.9. The molecule has 2 amide bonds. The highest BCUT2D eigenvalue weighted by atomic mass is 16.5. The number of benzene rings is 3. The second kappa shape index (κ2) is 10.6. The van der Waals surface area contributed by atoms with Crippen LogP contribution in [-0.2, 0) is 10.2 Å². The van der Waals surface area contributed by atoms with Gasteiger partial charge < -0.3 is 20.7 Å². The number of anilines is 3. The largest absolute Gasteiger partial charge is 0.381 e. The number of carbonyl (C=O) groups is 1. The molecule has 2 heterocycles. The summed E-state index contributed by atoms with van der Waals surface area (Å²) in [6, 6.07) is 24.3. The Hall–Kier alpha value is -3.90. The Morgan fingerprint density at radius 2 is 1.65 bits per heavy atom. The predicted molar refractivity (Wildman–Crippen MR) is 152 cm³/mol. The molecule has 4 aromatic rings. The number of rotatable bonds is 5. The highest BCUT2D eigenvalue weighted by Crippen LogP contribution is 2.33. The molecule has 1 fully saturated rings. The smallest absolute Gasteiger partial charge is 0.323 e. The van der Waals surface area contributed by atoms with Crippen LogP contribution in [0, 0.1) is 0 Å².